The lowest BCUT2D eigenvalue weighted by Crippen LogP contribution is -2.34. The summed E-state index contributed by atoms with van der Waals surface area (Å²) in [5.41, 5.74) is 1.56. The molecule has 0 saturated carbocycles. The van der Waals surface area contributed by atoms with Gasteiger partial charge in [0.05, 0.1) is 48.0 Å². The van der Waals surface area contributed by atoms with Crippen LogP contribution in [0, 0.1) is 22.7 Å². The Balaban J connectivity index is 1.76. The number of nitriles is 2. The minimum atomic E-state index is -0.127. The average molecular weight is 391 g/mol. The fraction of sp³-hybridized carbons (Fsp3) is 0.263. The third kappa shape index (κ3) is 4.45. The van der Waals surface area contributed by atoms with Gasteiger partial charge in [-0.1, -0.05) is 30.0 Å². The molecule has 0 fully saturated rings. The van der Waals surface area contributed by atoms with Crippen LogP contribution in [0.2, 0.25) is 0 Å². The van der Waals surface area contributed by atoms with Gasteiger partial charge in [-0.3, -0.25) is 4.79 Å². The monoisotopic (exact) mass is 391 g/mol. The fourth-order valence-electron chi connectivity index (χ4n) is 2.65. The zero-order chi connectivity index (χ0) is 19.8. The highest BCUT2D eigenvalue weighted by molar-refractivity contribution is 8.00. The number of benzene rings is 1. The number of hydrogen-bond acceptors (Lipinski definition) is 7. The lowest BCUT2D eigenvalue weighted by molar-refractivity contribution is -0.128. The summed E-state index contributed by atoms with van der Waals surface area (Å²) in [4.78, 5) is 22.7. The SMILES string of the molecule is N#CCCN(CCC#N)C(=O)CSc1ncnc2c1cnn2-c1ccccc1. The number of carbonyl (C=O) groups excluding carboxylic acids is 1. The van der Waals surface area contributed by atoms with E-state index in [4.69, 9.17) is 10.5 Å². The number of fused-ring (bicyclic) bond motifs is 1. The van der Waals surface area contributed by atoms with Gasteiger partial charge in [-0.15, -0.1) is 0 Å². The van der Waals surface area contributed by atoms with Gasteiger partial charge in [0.25, 0.3) is 0 Å². The molecule has 1 amide bonds. The Bertz CT molecular complexity index is 1020. The first-order chi connectivity index (χ1) is 13.7. The maximum Gasteiger partial charge on any atom is 0.233 e. The van der Waals surface area contributed by atoms with E-state index in [1.807, 2.05) is 42.5 Å². The lowest BCUT2D eigenvalue weighted by Gasteiger charge is -2.20. The largest absolute Gasteiger partial charge is 0.340 e. The summed E-state index contributed by atoms with van der Waals surface area (Å²) in [5, 5.41) is 23.4. The summed E-state index contributed by atoms with van der Waals surface area (Å²) < 4.78 is 1.73. The van der Waals surface area contributed by atoms with Crippen molar-refractivity contribution >= 4 is 28.7 Å². The quantitative estimate of drug-likeness (QED) is 0.428. The van der Waals surface area contributed by atoms with Crippen LogP contribution in [-0.4, -0.2) is 49.4 Å². The van der Waals surface area contributed by atoms with E-state index in [2.05, 4.69) is 15.1 Å². The van der Waals surface area contributed by atoms with E-state index in [1.165, 1.54) is 18.1 Å². The topological polar surface area (TPSA) is 111 Å². The number of amides is 1. The maximum atomic E-state index is 12.5. The van der Waals surface area contributed by atoms with Gasteiger partial charge in [0, 0.05) is 13.1 Å². The molecule has 0 saturated heterocycles. The fourth-order valence-corrected chi connectivity index (χ4v) is 3.51. The molecule has 0 atom stereocenters. The van der Waals surface area contributed by atoms with Crippen LogP contribution in [0.25, 0.3) is 16.7 Å². The molecule has 0 unspecified atom stereocenters. The van der Waals surface area contributed by atoms with Crippen LogP contribution in [0.3, 0.4) is 0 Å². The van der Waals surface area contributed by atoms with Crippen LogP contribution >= 0.6 is 11.8 Å². The molecule has 140 valence electrons. The molecule has 0 bridgehead atoms. The highest BCUT2D eigenvalue weighted by atomic mass is 32.2. The van der Waals surface area contributed by atoms with Gasteiger partial charge in [-0.25, -0.2) is 14.6 Å². The van der Waals surface area contributed by atoms with E-state index in [1.54, 1.807) is 15.8 Å². The summed E-state index contributed by atoms with van der Waals surface area (Å²) >= 11 is 1.30. The summed E-state index contributed by atoms with van der Waals surface area (Å²) in [6, 6.07) is 13.7. The summed E-state index contributed by atoms with van der Waals surface area (Å²) in [5.74, 6) is 0.0390. The second-order valence-corrected chi connectivity index (χ2v) is 6.76. The highest BCUT2D eigenvalue weighted by Gasteiger charge is 2.16. The van der Waals surface area contributed by atoms with Crippen molar-refractivity contribution in [3.05, 3.63) is 42.9 Å². The zero-order valence-electron chi connectivity index (χ0n) is 15.0. The van der Waals surface area contributed by atoms with Gasteiger partial charge in [0.2, 0.25) is 5.91 Å². The van der Waals surface area contributed by atoms with E-state index in [0.717, 1.165) is 11.1 Å². The maximum absolute atomic E-state index is 12.5. The Labute approximate surface area is 166 Å². The van der Waals surface area contributed by atoms with Crippen molar-refractivity contribution in [3.63, 3.8) is 0 Å². The first kappa shape index (κ1) is 19.3. The van der Waals surface area contributed by atoms with Gasteiger partial charge in [0.1, 0.15) is 11.4 Å². The van der Waals surface area contributed by atoms with E-state index in [9.17, 15) is 4.79 Å². The summed E-state index contributed by atoms with van der Waals surface area (Å²) in [7, 11) is 0. The second-order valence-electron chi connectivity index (χ2n) is 5.79. The van der Waals surface area contributed by atoms with Crippen LogP contribution in [0.5, 0.6) is 0 Å². The number of thioether (sulfide) groups is 1. The minimum Gasteiger partial charge on any atom is -0.340 e. The Kier molecular flexibility index (Phi) is 6.55. The van der Waals surface area contributed by atoms with Crippen LogP contribution in [0.4, 0.5) is 0 Å². The summed E-state index contributed by atoms with van der Waals surface area (Å²) in [6.07, 6.45) is 3.63. The zero-order valence-corrected chi connectivity index (χ0v) is 15.8. The van der Waals surface area contributed by atoms with Crippen molar-refractivity contribution in [3.8, 4) is 17.8 Å². The van der Waals surface area contributed by atoms with Crippen LogP contribution < -0.4 is 0 Å². The van der Waals surface area contributed by atoms with Crippen molar-refractivity contribution in [1.82, 2.24) is 24.6 Å². The molecule has 3 rings (SSSR count). The van der Waals surface area contributed by atoms with Crippen molar-refractivity contribution in [2.75, 3.05) is 18.8 Å². The van der Waals surface area contributed by atoms with Gasteiger partial charge >= 0.3 is 0 Å². The molecule has 0 N–H and O–H groups in total. The van der Waals surface area contributed by atoms with Crippen molar-refractivity contribution < 1.29 is 4.79 Å². The molecule has 2 heterocycles. The van der Waals surface area contributed by atoms with E-state index >= 15 is 0 Å². The van der Waals surface area contributed by atoms with Crippen LogP contribution in [0.15, 0.2) is 47.9 Å². The predicted octanol–water partition coefficient (Wildman–Crippen LogP) is 2.56. The van der Waals surface area contributed by atoms with Crippen LogP contribution in [0.1, 0.15) is 12.8 Å². The molecule has 1 aromatic carbocycles. The molecule has 8 nitrogen and oxygen atoms in total. The molecule has 0 aliphatic carbocycles. The summed E-state index contributed by atoms with van der Waals surface area (Å²) in [6.45, 7) is 0.644. The number of hydrogen-bond donors (Lipinski definition) is 0. The number of rotatable bonds is 8. The smallest absolute Gasteiger partial charge is 0.233 e. The minimum absolute atomic E-state index is 0.127. The van der Waals surface area contributed by atoms with Gasteiger partial charge in [0.15, 0.2) is 5.65 Å². The molecule has 0 aliphatic rings. The number of carbonyl (C=O) groups is 1. The lowest BCUT2D eigenvalue weighted by atomic mass is 10.3. The third-order valence-corrected chi connectivity index (χ3v) is 4.99. The Hall–Kier alpha value is -3.43. The standard InChI is InChI=1S/C19H17N7OS/c20-8-4-10-25(11-5-9-21)17(27)13-28-19-16-12-24-26(18(16)22-14-23-19)15-6-2-1-3-7-15/h1-3,6-7,12,14H,4-5,10-11,13H2. The molecule has 2 aromatic heterocycles. The van der Waals surface area contributed by atoms with Crippen molar-refractivity contribution in [2.45, 2.75) is 17.9 Å². The molecule has 3 aromatic rings. The number of nitrogens with zero attached hydrogens (tertiary/aromatic N) is 7. The number of aromatic nitrogens is 4. The first-order valence-electron chi connectivity index (χ1n) is 8.63. The van der Waals surface area contributed by atoms with Crippen molar-refractivity contribution in [1.29, 1.82) is 10.5 Å². The van der Waals surface area contributed by atoms with Crippen LogP contribution in [-0.2, 0) is 4.79 Å². The molecular formula is C19H17N7OS. The molecule has 9 heteroatoms. The highest BCUT2D eigenvalue weighted by Crippen LogP contribution is 2.26. The number of para-hydroxylation sites is 1. The van der Waals surface area contributed by atoms with E-state index in [0.29, 0.717) is 23.8 Å². The third-order valence-electron chi connectivity index (χ3n) is 4.00. The molecule has 0 aliphatic heterocycles. The first-order valence-corrected chi connectivity index (χ1v) is 9.61. The average Bonchev–Trinajstić information content (AvgIpc) is 3.17. The Morgan fingerprint density at radius 2 is 1.82 bits per heavy atom. The molecule has 0 radical (unpaired) electrons. The van der Waals surface area contributed by atoms with E-state index in [-0.39, 0.29) is 24.5 Å². The molecule has 0 spiro atoms. The molecule has 28 heavy (non-hydrogen) atoms. The normalized spacial score (nSPS) is 10.4. The Morgan fingerprint density at radius 3 is 2.50 bits per heavy atom. The van der Waals surface area contributed by atoms with Gasteiger partial charge < -0.3 is 4.90 Å². The van der Waals surface area contributed by atoms with Crippen molar-refractivity contribution in [2.24, 2.45) is 0 Å². The molecular weight excluding hydrogens is 374 g/mol. The second kappa shape index (κ2) is 9.49. The predicted molar refractivity (Wildman–Crippen MR) is 104 cm³/mol. The van der Waals surface area contributed by atoms with E-state index < -0.39 is 0 Å². The van der Waals surface area contributed by atoms with Gasteiger partial charge in [-0.2, -0.15) is 15.6 Å². The van der Waals surface area contributed by atoms with Gasteiger partial charge in [-0.05, 0) is 12.1 Å². The Morgan fingerprint density at radius 1 is 1.11 bits per heavy atom.